The maximum atomic E-state index is 13.4. The lowest BCUT2D eigenvalue weighted by Gasteiger charge is -2.23. The Balaban J connectivity index is 1.57. The number of phenols is 1. The number of benzene rings is 3. The van der Waals surface area contributed by atoms with Crippen LogP contribution in [0.15, 0.2) is 81.1 Å². The summed E-state index contributed by atoms with van der Waals surface area (Å²) in [7, 11) is 1.39. The number of aliphatic hydroxyl groups excluding tert-OH is 1. The minimum atomic E-state index is -1.04. The van der Waals surface area contributed by atoms with Crippen LogP contribution in [0.25, 0.3) is 5.76 Å². The smallest absolute Gasteiger partial charge is 0.301 e. The van der Waals surface area contributed by atoms with Gasteiger partial charge >= 0.3 is 5.91 Å². The third-order valence-corrected chi connectivity index (χ3v) is 8.99. The molecule has 1 aliphatic rings. The van der Waals surface area contributed by atoms with Crippen molar-refractivity contribution in [3.63, 3.8) is 0 Å². The van der Waals surface area contributed by atoms with Crippen LogP contribution in [0.1, 0.15) is 22.7 Å². The minimum absolute atomic E-state index is 0.111. The Morgan fingerprint density at radius 3 is 2.59 bits per heavy atom. The number of methoxy groups -OCH3 is 1. The van der Waals surface area contributed by atoms with Gasteiger partial charge in [0.05, 0.1) is 18.7 Å². The van der Waals surface area contributed by atoms with Crippen LogP contribution in [0.2, 0.25) is 5.02 Å². The number of aliphatic hydroxyl groups is 1. The van der Waals surface area contributed by atoms with Crippen molar-refractivity contribution in [2.75, 3.05) is 12.0 Å². The number of aromatic nitrogens is 2. The van der Waals surface area contributed by atoms with Crippen molar-refractivity contribution in [2.24, 2.45) is 0 Å². The fraction of sp³-hybridized carbons (Fsp3) is 0.111. The van der Waals surface area contributed by atoms with Crippen LogP contribution < -0.4 is 9.64 Å². The maximum Gasteiger partial charge on any atom is 0.301 e. The Morgan fingerprint density at radius 1 is 1.13 bits per heavy atom. The SMILES string of the molecule is COc1cc(C2/C(=C(/O)c3ccc(Br)cc3)C(=O)C(=O)N2c2nnc(SCc3ccccc3Cl)s2)ccc1O. The zero-order chi connectivity index (χ0) is 27.7. The number of rotatable bonds is 7. The average molecular weight is 645 g/mol. The van der Waals surface area contributed by atoms with Crippen molar-refractivity contribution < 1.29 is 24.5 Å². The van der Waals surface area contributed by atoms with E-state index in [1.54, 1.807) is 36.4 Å². The van der Waals surface area contributed by atoms with Crippen LogP contribution in [0.3, 0.4) is 0 Å². The lowest BCUT2D eigenvalue weighted by molar-refractivity contribution is -0.132. The maximum absolute atomic E-state index is 13.4. The first-order chi connectivity index (χ1) is 18.8. The number of amides is 1. The number of thioether (sulfide) groups is 1. The van der Waals surface area contributed by atoms with Crippen molar-refractivity contribution in [3.05, 3.63) is 98.5 Å². The Labute approximate surface area is 245 Å². The highest BCUT2D eigenvalue weighted by atomic mass is 79.9. The number of ether oxygens (including phenoxy) is 1. The van der Waals surface area contributed by atoms with Crippen LogP contribution in [0, 0.1) is 0 Å². The van der Waals surface area contributed by atoms with Crippen LogP contribution in [0.4, 0.5) is 5.13 Å². The molecule has 0 bridgehead atoms. The zero-order valence-electron chi connectivity index (χ0n) is 20.2. The molecule has 3 aromatic carbocycles. The summed E-state index contributed by atoms with van der Waals surface area (Å²) in [4.78, 5) is 28.0. The number of hydrogen-bond donors (Lipinski definition) is 2. The normalized spacial score (nSPS) is 16.6. The molecule has 1 saturated heterocycles. The first-order valence-electron chi connectivity index (χ1n) is 11.4. The van der Waals surface area contributed by atoms with Gasteiger partial charge in [-0.1, -0.05) is 87.0 Å². The summed E-state index contributed by atoms with van der Waals surface area (Å²) in [5, 5.41) is 30.6. The highest BCUT2D eigenvalue weighted by molar-refractivity contribution is 9.10. The summed E-state index contributed by atoms with van der Waals surface area (Å²) < 4.78 is 6.62. The fourth-order valence-corrected chi connectivity index (χ4v) is 6.50. The van der Waals surface area contributed by atoms with E-state index in [-0.39, 0.29) is 28.0 Å². The average Bonchev–Trinajstić information content (AvgIpc) is 3.50. The molecule has 1 aliphatic heterocycles. The molecule has 0 spiro atoms. The molecule has 39 heavy (non-hydrogen) atoms. The predicted molar refractivity (Wildman–Crippen MR) is 155 cm³/mol. The van der Waals surface area contributed by atoms with E-state index >= 15 is 0 Å². The number of carbonyl (C=O) groups excluding carboxylic acids is 2. The Bertz CT molecular complexity index is 1610. The number of nitrogens with zero attached hydrogens (tertiary/aromatic N) is 3. The van der Waals surface area contributed by atoms with Gasteiger partial charge in [-0.15, -0.1) is 10.2 Å². The van der Waals surface area contributed by atoms with E-state index in [0.29, 0.717) is 26.2 Å². The van der Waals surface area contributed by atoms with Gasteiger partial charge in [0.2, 0.25) is 5.13 Å². The molecule has 8 nitrogen and oxygen atoms in total. The van der Waals surface area contributed by atoms with Crippen molar-refractivity contribution >= 4 is 73.2 Å². The van der Waals surface area contributed by atoms with Crippen molar-refractivity contribution in [1.82, 2.24) is 10.2 Å². The van der Waals surface area contributed by atoms with Gasteiger partial charge in [0.1, 0.15) is 5.76 Å². The molecule has 12 heteroatoms. The highest BCUT2D eigenvalue weighted by Gasteiger charge is 2.48. The topological polar surface area (TPSA) is 113 Å². The van der Waals surface area contributed by atoms with Crippen LogP contribution in [-0.4, -0.2) is 39.2 Å². The predicted octanol–water partition coefficient (Wildman–Crippen LogP) is 6.59. The molecule has 2 N–H and O–H groups in total. The van der Waals surface area contributed by atoms with E-state index in [2.05, 4.69) is 26.1 Å². The molecular weight excluding hydrogens is 626 g/mol. The van der Waals surface area contributed by atoms with E-state index in [9.17, 15) is 19.8 Å². The van der Waals surface area contributed by atoms with E-state index in [1.165, 1.54) is 35.9 Å². The third-order valence-electron chi connectivity index (χ3n) is 5.99. The second-order valence-electron chi connectivity index (χ2n) is 8.34. The summed E-state index contributed by atoms with van der Waals surface area (Å²) in [5.74, 6) is -1.49. The molecule has 1 aromatic heterocycles. The van der Waals surface area contributed by atoms with Crippen LogP contribution in [-0.2, 0) is 15.3 Å². The first-order valence-corrected chi connectivity index (χ1v) is 14.4. The number of phenolic OH excluding ortho intramolecular Hbond substituents is 1. The summed E-state index contributed by atoms with van der Waals surface area (Å²) >= 11 is 12.2. The van der Waals surface area contributed by atoms with Gasteiger partial charge in [0.25, 0.3) is 5.78 Å². The van der Waals surface area contributed by atoms with Crippen molar-refractivity contribution in [1.29, 1.82) is 0 Å². The number of ketones is 1. The molecule has 1 unspecified atom stereocenters. The van der Waals surface area contributed by atoms with E-state index < -0.39 is 17.7 Å². The molecular formula is C27H19BrClN3O5S2. The molecule has 4 aromatic rings. The lowest BCUT2D eigenvalue weighted by Crippen LogP contribution is -2.29. The fourth-order valence-electron chi connectivity index (χ4n) is 4.09. The lowest BCUT2D eigenvalue weighted by atomic mass is 9.95. The molecule has 1 fully saturated rings. The van der Waals surface area contributed by atoms with E-state index in [1.807, 2.05) is 18.2 Å². The number of aromatic hydroxyl groups is 1. The monoisotopic (exact) mass is 643 g/mol. The largest absolute Gasteiger partial charge is 0.507 e. The number of anilines is 1. The second kappa shape index (κ2) is 11.4. The number of Topliss-reactive ketones (excluding diaryl/α,β-unsaturated/α-hetero) is 1. The molecule has 0 saturated carbocycles. The Morgan fingerprint density at radius 2 is 1.87 bits per heavy atom. The summed E-state index contributed by atoms with van der Waals surface area (Å²) in [6.45, 7) is 0. The van der Waals surface area contributed by atoms with Gasteiger partial charge in [-0.25, -0.2) is 0 Å². The standard InChI is InChI=1S/C27H19BrClN3O5S2/c1-37-20-12-15(8-11-19(20)33)22-21(23(34)14-6-9-17(28)10-7-14)24(35)25(36)32(22)26-30-31-27(39-26)38-13-16-4-2-3-5-18(16)29/h2-12,22,33-34H,13H2,1H3/b23-21-. The highest BCUT2D eigenvalue weighted by Crippen LogP contribution is 2.45. The van der Waals surface area contributed by atoms with Crippen LogP contribution in [0.5, 0.6) is 11.5 Å². The Kier molecular flexibility index (Phi) is 7.94. The molecule has 1 amide bonds. The minimum Gasteiger partial charge on any atom is -0.507 e. The first kappa shape index (κ1) is 27.2. The molecule has 0 aliphatic carbocycles. The molecule has 1 atom stereocenters. The molecule has 198 valence electrons. The van der Waals surface area contributed by atoms with Crippen molar-refractivity contribution in [3.8, 4) is 11.5 Å². The van der Waals surface area contributed by atoms with Gasteiger partial charge in [0, 0.05) is 20.8 Å². The van der Waals surface area contributed by atoms with Crippen LogP contribution >= 0.6 is 50.6 Å². The Hall–Kier alpha value is -3.38. The van der Waals surface area contributed by atoms with E-state index in [4.69, 9.17) is 16.3 Å². The zero-order valence-corrected chi connectivity index (χ0v) is 24.1. The molecule has 5 rings (SSSR count). The second-order valence-corrected chi connectivity index (χ2v) is 11.8. The van der Waals surface area contributed by atoms with Gasteiger partial charge in [0.15, 0.2) is 15.8 Å². The number of carbonyl (C=O) groups is 2. The van der Waals surface area contributed by atoms with Gasteiger partial charge in [-0.05, 0) is 41.5 Å². The number of hydrogen-bond acceptors (Lipinski definition) is 9. The number of halogens is 2. The quantitative estimate of drug-likeness (QED) is 0.0762. The van der Waals surface area contributed by atoms with Crippen molar-refractivity contribution in [2.45, 2.75) is 16.1 Å². The molecule has 2 heterocycles. The summed E-state index contributed by atoms with van der Waals surface area (Å²) in [6, 6.07) is 17.6. The van der Waals surface area contributed by atoms with Gasteiger partial charge in [-0.2, -0.15) is 0 Å². The summed E-state index contributed by atoms with van der Waals surface area (Å²) in [6.07, 6.45) is 0. The van der Waals surface area contributed by atoms with Gasteiger partial charge < -0.3 is 14.9 Å². The van der Waals surface area contributed by atoms with E-state index in [0.717, 1.165) is 21.4 Å². The van der Waals surface area contributed by atoms with Gasteiger partial charge in [-0.3, -0.25) is 14.5 Å². The molecule has 0 radical (unpaired) electrons. The summed E-state index contributed by atoms with van der Waals surface area (Å²) in [5.41, 5.74) is 1.60. The third kappa shape index (κ3) is 5.40.